The van der Waals surface area contributed by atoms with Gasteiger partial charge in [0.1, 0.15) is 5.52 Å². The second-order valence-electron chi connectivity index (χ2n) is 7.71. The van der Waals surface area contributed by atoms with Gasteiger partial charge in [-0.3, -0.25) is 9.59 Å². The van der Waals surface area contributed by atoms with E-state index in [0.29, 0.717) is 40.1 Å². The Labute approximate surface area is 183 Å². The number of aromatic amines is 1. The molecule has 9 nitrogen and oxygen atoms in total. The van der Waals surface area contributed by atoms with Crippen LogP contribution in [0.15, 0.2) is 54.9 Å². The van der Waals surface area contributed by atoms with Crippen molar-refractivity contribution in [3.63, 3.8) is 0 Å². The third-order valence-electron chi connectivity index (χ3n) is 5.07. The highest BCUT2D eigenvalue weighted by Gasteiger charge is 2.23. The zero-order valence-corrected chi connectivity index (χ0v) is 17.3. The van der Waals surface area contributed by atoms with E-state index in [2.05, 4.69) is 35.9 Å². The Morgan fingerprint density at radius 3 is 2.38 bits per heavy atom. The predicted octanol–water partition coefficient (Wildman–Crippen LogP) is 3.61. The number of aromatic nitrogens is 4. The van der Waals surface area contributed by atoms with E-state index in [1.807, 2.05) is 24.3 Å². The Kier molecular flexibility index (Phi) is 4.98. The van der Waals surface area contributed by atoms with Gasteiger partial charge in [0.15, 0.2) is 17.3 Å². The van der Waals surface area contributed by atoms with Crippen LogP contribution in [0.2, 0.25) is 0 Å². The molecule has 0 saturated heterocycles. The predicted molar refractivity (Wildman–Crippen MR) is 122 cm³/mol. The van der Waals surface area contributed by atoms with Crippen molar-refractivity contribution in [1.29, 1.82) is 0 Å². The highest BCUT2D eigenvalue weighted by atomic mass is 16.2. The summed E-state index contributed by atoms with van der Waals surface area (Å²) in [5, 5.41) is 9.01. The first kappa shape index (κ1) is 19.7. The molecule has 0 bridgehead atoms. The quantitative estimate of drug-likeness (QED) is 0.373. The number of anilines is 3. The summed E-state index contributed by atoms with van der Waals surface area (Å²) in [6.07, 6.45) is 3.67. The molecule has 1 aliphatic carbocycles. The van der Waals surface area contributed by atoms with E-state index in [0.717, 1.165) is 24.1 Å². The smallest absolute Gasteiger partial charge is 0.251 e. The molecule has 2 aromatic carbocycles. The molecule has 9 heteroatoms. The molecular formula is C23H21N7O2. The van der Waals surface area contributed by atoms with Crippen molar-refractivity contribution in [2.45, 2.75) is 25.8 Å². The van der Waals surface area contributed by atoms with Gasteiger partial charge in [-0.1, -0.05) is 12.1 Å². The molecule has 2 aromatic heterocycles. The van der Waals surface area contributed by atoms with E-state index >= 15 is 0 Å². The van der Waals surface area contributed by atoms with Crippen molar-refractivity contribution in [2.75, 3.05) is 10.6 Å². The van der Waals surface area contributed by atoms with Crippen molar-refractivity contribution >= 4 is 40.2 Å². The molecule has 5 rings (SSSR count). The fraction of sp³-hybridized carbons (Fsp3) is 0.174. The van der Waals surface area contributed by atoms with Gasteiger partial charge in [-0.25, -0.2) is 15.0 Å². The number of nitrogens with zero attached hydrogens (tertiary/aromatic N) is 3. The molecule has 4 N–H and O–H groups in total. The maximum atomic E-state index is 12.2. The number of H-pyrrole nitrogens is 1. The van der Waals surface area contributed by atoms with Crippen LogP contribution in [0.25, 0.3) is 22.6 Å². The van der Waals surface area contributed by atoms with Crippen molar-refractivity contribution in [3.05, 3.63) is 60.4 Å². The number of carbonyl (C=O) groups is 2. The molecule has 0 aliphatic heterocycles. The molecule has 2 amide bonds. The van der Waals surface area contributed by atoms with Crippen molar-refractivity contribution < 1.29 is 9.59 Å². The summed E-state index contributed by atoms with van der Waals surface area (Å²) < 4.78 is 0. The second-order valence-corrected chi connectivity index (χ2v) is 7.71. The van der Waals surface area contributed by atoms with E-state index < -0.39 is 0 Å². The maximum Gasteiger partial charge on any atom is 0.251 e. The van der Waals surface area contributed by atoms with Crippen LogP contribution in [0.5, 0.6) is 0 Å². The number of carbonyl (C=O) groups excluding carboxylic acids is 2. The lowest BCUT2D eigenvalue weighted by molar-refractivity contribution is -0.114. The molecule has 0 radical (unpaired) electrons. The summed E-state index contributed by atoms with van der Waals surface area (Å²) in [4.78, 5) is 40.0. The molecule has 4 aromatic rings. The van der Waals surface area contributed by atoms with Crippen molar-refractivity contribution in [3.8, 4) is 11.4 Å². The summed E-state index contributed by atoms with van der Waals surface area (Å²) >= 11 is 0. The van der Waals surface area contributed by atoms with E-state index in [-0.39, 0.29) is 11.8 Å². The summed E-state index contributed by atoms with van der Waals surface area (Å²) in [7, 11) is 0. The molecule has 0 unspecified atom stereocenters. The zero-order chi connectivity index (χ0) is 22.1. The lowest BCUT2D eigenvalue weighted by atomic mass is 10.1. The zero-order valence-electron chi connectivity index (χ0n) is 17.3. The summed E-state index contributed by atoms with van der Waals surface area (Å²) in [5.74, 6) is 0.885. The average molecular weight is 427 g/mol. The largest absolute Gasteiger partial charge is 0.349 e. The first-order chi connectivity index (χ1) is 15.5. The third kappa shape index (κ3) is 4.27. The second kappa shape index (κ2) is 8.10. The number of nitrogens with one attached hydrogen (secondary N) is 4. The molecule has 1 fully saturated rings. The van der Waals surface area contributed by atoms with Gasteiger partial charge in [-0.2, -0.15) is 0 Å². The minimum absolute atomic E-state index is 0.0622. The summed E-state index contributed by atoms with van der Waals surface area (Å²) in [5.41, 5.74) is 4.11. The highest BCUT2D eigenvalue weighted by molar-refractivity contribution is 5.95. The van der Waals surface area contributed by atoms with Crippen LogP contribution in [0.3, 0.4) is 0 Å². The molecule has 160 valence electrons. The fourth-order valence-corrected chi connectivity index (χ4v) is 3.30. The molecule has 0 atom stereocenters. The van der Waals surface area contributed by atoms with E-state index in [9.17, 15) is 9.59 Å². The highest BCUT2D eigenvalue weighted by Crippen LogP contribution is 2.26. The fourth-order valence-electron chi connectivity index (χ4n) is 3.30. The topological polar surface area (TPSA) is 125 Å². The molecule has 2 heterocycles. The standard InChI is InChI=1S/C23H21N7O2/c1-13(31)26-16-6-8-17(9-7-16)27-22-19-21(25-12-24-19)29-20(30-22)14-2-4-15(5-3-14)23(32)28-18-10-11-18/h2-9,12,18H,10-11H2,1H3,(H,26,31)(H,28,32)(H2,24,25,27,29,30). The Balaban J connectivity index is 1.41. The van der Waals surface area contributed by atoms with Gasteiger partial charge < -0.3 is 20.9 Å². The van der Waals surface area contributed by atoms with Gasteiger partial charge >= 0.3 is 0 Å². The lowest BCUT2D eigenvalue weighted by Gasteiger charge is -2.10. The van der Waals surface area contributed by atoms with Crippen LogP contribution in [0.1, 0.15) is 30.1 Å². The molecule has 32 heavy (non-hydrogen) atoms. The number of fused-ring (bicyclic) bond motifs is 1. The van der Waals surface area contributed by atoms with Crippen LogP contribution in [0, 0.1) is 0 Å². The Hall–Kier alpha value is -4.27. The van der Waals surface area contributed by atoms with Crippen LogP contribution in [0.4, 0.5) is 17.2 Å². The first-order valence-corrected chi connectivity index (χ1v) is 10.3. The number of hydrogen-bond acceptors (Lipinski definition) is 6. The number of imidazole rings is 1. The van der Waals surface area contributed by atoms with Crippen LogP contribution < -0.4 is 16.0 Å². The lowest BCUT2D eigenvalue weighted by Crippen LogP contribution is -2.25. The number of rotatable bonds is 6. The molecule has 1 saturated carbocycles. The molecular weight excluding hydrogens is 406 g/mol. The van der Waals surface area contributed by atoms with Crippen molar-refractivity contribution in [1.82, 2.24) is 25.3 Å². The average Bonchev–Trinajstić information content (AvgIpc) is 3.47. The van der Waals surface area contributed by atoms with E-state index in [1.54, 1.807) is 30.6 Å². The Morgan fingerprint density at radius 2 is 1.69 bits per heavy atom. The summed E-state index contributed by atoms with van der Waals surface area (Å²) in [6, 6.07) is 14.9. The minimum atomic E-state index is -0.124. The monoisotopic (exact) mass is 427 g/mol. The van der Waals surface area contributed by atoms with E-state index in [1.165, 1.54) is 6.92 Å². The Morgan fingerprint density at radius 1 is 0.969 bits per heavy atom. The van der Waals surface area contributed by atoms with Crippen LogP contribution >= 0.6 is 0 Å². The van der Waals surface area contributed by atoms with Gasteiger partial charge in [-0.15, -0.1) is 0 Å². The van der Waals surface area contributed by atoms with E-state index in [4.69, 9.17) is 0 Å². The SMILES string of the molecule is CC(=O)Nc1ccc(Nc2nc(-c3ccc(C(=O)NC4CC4)cc3)nc3nc[nH]c23)cc1. The first-order valence-electron chi connectivity index (χ1n) is 10.3. The van der Waals surface area contributed by atoms with Gasteiger partial charge in [-0.05, 0) is 49.2 Å². The third-order valence-corrected chi connectivity index (χ3v) is 5.07. The minimum Gasteiger partial charge on any atom is -0.349 e. The van der Waals surface area contributed by atoms with Crippen molar-refractivity contribution in [2.24, 2.45) is 0 Å². The normalized spacial score (nSPS) is 13.0. The maximum absolute atomic E-state index is 12.2. The van der Waals surface area contributed by atoms with Gasteiger partial charge in [0.05, 0.1) is 6.33 Å². The van der Waals surface area contributed by atoms with Gasteiger partial charge in [0.2, 0.25) is 5.91 Å². The Bertz CT molecular complexity index is 1290. The number of hydrogen-bond donors (Lipinski definition) is 4. The van der Waals surface area contributed by atoms with Gasteiger partial charge in [0, 0.05) is 35.5 Å². The molecule has 1 aliphatic rings. The number of benzene rings is 2. The number of amides is 2. The van der Waals surface area contributed by atoms with Gasteiger partial charge in [0.25, 0.3) is 5.91 Å². The molecule has 0 spiro atoms. The summed E-state index contributed by atoms with van der Waals surface area (Å²) in [6.45, 7) is 1.47. The van der Waals surface area contributed by atoms with Crippen LogP contribution in [-0.2, 0) is 4.79 Å². The van der Waals surface area contributed by atoms with Crippen LogP contribution in [-0.4, -0.2) is 37.8 Å².